The summed E-state index contributed by atoms with van der Waals surface area (Å²) in [5, 5.41) is 3.62. The number of anilines is 1. The number of nitrogens with one attached hydrogen (secondary N) is 2. The van der Waals surface area contributed by atoms with Crippen LogP contribution in [0.5, 0.6) is 11.5 Å². The molecule has 1 amide bonds. The minimum absolute atomic E-state index is 0.00454. The second-order valence-corrected chi connectivity index (χ2v) is 8.43. The van der Waals surface area contributed by atoms with Crippen LogP contribution in [0.1, 0.15) is 42.0 Å². The molecule has 0 aliphatic carbocycles. The SMILES string of the molecule is Cc1cc(C)c(NC(=O)C[NH+]2CCC[C@H]2c2ccc3c(c2)OCCCO3)c(Cl)c1. The molecule has 4 rings (SSSR count). The summed E-state index contributed by atoms with van der Waals surface area (Å²) in [6, 6.07) is 10.4. The number of benzene rings is 2. The molecule has 0 aromatic heterocycles. The summed E-state index contributed by atoms with van der Waals surface area (Å²) in [5.41, 5.74) is 4.00. The van der Waals surface area contributed by atoms with Gasteiger partial charge in [-0.15, -0.1) is 0 Å². The third-order valence-corrected chi connectivity index (χ3v) is 6.04. The number of carbonyl (C=O) groups is 1. The van der Waals surface area contributed by atoms with Gasteiger partial charge in [0.1, 0.15) is 6.04 Å². The van der Waals surface area contributed by atoms with Gasteiger partial charge in [-0.3, -0.25) is 4.79 Å². The highest BCUT2D eigenvalue weighted by atomic mass is 35.5. The fourth-order valence-electron chi connectivity index (χ4n) is 4.39. The zero-order chi connectivity index (χ0) is 20.4. The van der Waals surface area contributed by atoms with Crippen molar-refractivity contribution in [3.8, 4) is 11.5 Å². The zero-order valence-corrected chi connectivity index (χ0v) is 17.8. The third kappa shape index (κ3) is 4.51. The van der Waals surface area contributed by atoms with Crippen molar-refractivity contribution >= 4 is 23.2 Å². The van der Waals surface area contributed by atoms with E-state index in [1.165, 1.54) is 10.5 Å². The Morgan fingerprint density at radius 3 is 2.72 bits per heavy atom. The molecule has 2 heterocycles. The van der Waals surface area contributed by atoms with E-state index >= 15 is 0 Å². The van der Waals surface area contributed by atoms with Gasteiger partial charge in [0.05, 0.1) is 30.5 Å². The lowest BCUT2D eigenvalue weighted by Gasteiger charge is -2.22. The van der Waals surface area contributed by atoms with Crippen molar-refractivity contribution in [2.45, 2.75) is 39.2 Å². The maximum absolute atomic E-state index is 12.8. The lowest BCUT2D eigenvalue weighted by Crippen LogP contribution is -3.11. The molecule has 0 radical (unpaired) electrons. The van der Waals surface area contributed by atoms with Crippen LogP contribution in [0, 0.1) is 13.8 Å². The molecule has 1 unspecified atom stereocenters. The molecule has 2 N–H and O–H groups in total. The minimum Gasteiger partial charge on any atom is -0.490 e. The second-order valence-electron chi connectivity index (χ2n) is 8.02. The van der Waals surface area contributed by atoms with E-state index in [0.717, 1.165) is 48.4 Å². The van der Waals surface area contributed by atoms with E-state index in [9.17, 15) is 4.79 Å². The predicted molar refractivity (Wildman–Crippen MR) is 114 cm³/mol. The summed E-state index contributed by atoms with van der Waals surface area (Å²) < 4.78 is 11.6. The van der Waals surface area contributed by atoms with Crippen LogP contribution in [0.15, 0.2) is 30.3 Å². The van der Waals surface area contributed by atoms with Crippen LogP contribution >= 0.6 is 11.6 Å². The van der Waals surface area contributed by atoms with Crippen molar-refractivity contribution in [3.63, 3.8) is 0 Å². The Morgan fingerprint density at radius 1 is 1.14 bits per heavy atom. The Balaban J connectivity index is 1.46. The highest BCUT2D eigenvalue weighted by Gasteiger charge is 2.32. The number of hydrogen-bond donors (Lipinski definition) is 2. The first-order valence-electron chi connectivity index (χ1n) is 10.3. The van der Waals surface area contributed by atoms with Gasteiger partial charge >= 0.3 is 0 Å². The van der Waals surface area contributed by atoms with Crippen molar-refractivity contribution < 1.29 is 19.2 Å². The van der Waals surface area contributed by atoms with E-state index in [0.29, 0.717) is 30.5 Å². The number of fused-ring (bicyclic) bond motifs is 1. The number of aryl methyl sites for hydroxylation is 2. The number of ether oxygens (including phenoxy) is 2. The monoisotopic (exact) mass is 415 g/mol. The minimum atomic E-state index is -0.00454. The molecule has 5 nitrogen and oxygen atoms in total. The highest BCUT2D eigenvalue weighted by Crippen LogP contribution is 2.33. The fourth-order valence-corrected chi connectivity index (χ4v) is 4.75. The van der Waals surface area contributed by atoms with Gasteiger partial charge in [0.25, 0.3) is 5.91 Å². The number of quaternary nitrogens is 1. The molecule has 2 aliphatic rings. The van der Waals surface area contributed by atoms with Gasteiger partial charge in [-0.05, 0) is 49.2 Å². The lowest BCUT2D eigenvalue weighted by molar-refractivity contribution is -0.910. The number of rotatable bonds is 4. The largest absolute Gasteiger partial charge is 0.490 e. The number of hydrogen-bond acceptors (Lipinski definition) is 3. The van der Waals surface area contributed by atoms with Gasteiger partial charge in [0.15, 0.2) is 18.0 Å². The fraction of sp³-hybridized carbons (Fsp3) is 0.435. The van der Waals surface area contributed by atoms with E-state index in [2.05, 4.69) is 17.4 Å². The maximum atomic E-state index is 12.8. The van der Waals surface area contributed by atoms with E-state index in [1.807, 2.05) is 32.0 Å². The molecule has 2 aliphatic heterocycles. The summed E-state index contributed by atoms with van der Waals surface area (Å²) in [6.45, 7) is 6.73. The molecule has 0 saturated carbocycles. The standard InChI is InChI=1S/C23H27ClN2O3/c1-15-11-16(2)23(18(24)12-15)25-22(27)14-26-8-3-5-19(26)17-6-7-20-21(13-17)29-10-4-9-28-20/h6-7,11-13,19H,3-5,8-10,14H2,1-2H3,(H,25,27)/p+1/t19-/m0/s1. The first kappa shape index (κ1) is 20.0. The molecule has 0 bridgehead atoms. The quantitative estimate of drug-likeness (QED) is 0.803. The van der Waals surface area contributed by atoms with Crippen LogP contribution in [0.25, 0.3) is 0 Å². The molecule has 1 saturated heterocycles. The first-order chi connectivity index (χ1) is 14.0. The summed E-state index contributed by atoms with van der Waals surface area (Å²) in [4.78, 5) is 14.1. The average Bonchev–Trinajstić information content (AvgIpc) is 3.00. The van der Waals surface area contributed by atoms with Crippen molar-refractivity contribution in [3.05, 3.63) is 52.0 Å². The third-order valence-electron chi connectivity index (χ3n) is 5.74. The van der Waals surface area contributed by atoms with Gasteiger partial charge in [-0.2, -0.15) is 0 Å². The molecule has 154 valence electrons. The van der Waals surface area contributed by atoms with Crippen molar-refractivity contribution in [2.24, 2.45) is 0 Å². The summed E-state index contributed by atoms with van der Waals surface area (Å²) >= 11 is 6.35. The Morgan fingerprint density at radius 2 is 1.93 bits per heavy atom. The maximum Gasteiger partial charge on any atom is 0.279 e. The number of halogens is 1. The molecule has 2 atom stereocenters. The predicted octanol–water partition coefficient (Wildman–Crippen LogP) is 3.48. The molecule has 2 aromatic rings. The van der Waals surface area contributed by atoms with Crippen LogP contribution in [-0.2, 0) is 4.79 Å². The van der Waals surface area contributed by atoms with E-state index in [-0.39, 0.29) is 11.9 Å². The molecule has 29 heavy (non-hydrogen) atoms. The topological polar surface area (TPSA) is 52.0 Å². The zero-order valence-electron chi connectivity index (χ0n) is 17.0. The van der Waals surface area contributed by atoms with E-state index < -0.39 is 0 Å². The smallest absolute Gasteiger partial charge is 0.279 e. The second kappa shape index (κ2) is 8.64. The van der Waals surface area contributed by atoms with Gasteiger partial charge in [-0.1, -0.05) is 17.7 Å². The lowest BCUT2D eigenvalue weighted by atomic mass is 10.0. The van der Waals surface area contributed by atoms with Crippen LogP contribution in [0.4, 0.5) is 5.69 Å². The summed E-state index contributed by atoms with van der Waals surface area (Å²) in [7, 11) is 0. The number of carbonyl (C=O) groups excluding carboxylic acids is 1. The van der Waals surface area contributed by atoms with Crippen LogP contribution in [0.2, 0.25) is 5.02 Å². The Labute approximate surface area is 176 Å². The van der Waals surface area contributed by atoms with Gasteiger partial charge < -0.3 is 19.7 Å². The van der Waals surface area contributed by atoms with Crippen molar-refractivity contribution in [1.82, 2.24) is 0 Å². The number of amides is 1. The van der Waals surface area contributed by atoms with E-state index in [1.54, 1.807) is 0 Å². The molecular weight excluding hydrogens is 388 g/mol. The van der Waals surface area contributed by atoms with Crippen molar-refractivity contribution in [2.75, 3.05) is 31.6 Å². The summed E-state index contributed by atoms with van der Waals surface area (Å²) in [5.74, 6) is 1.63. The molecular formula is C23H28ClN2O3+. The normalized spacial score (nSPS) is 20.9. The Bertz CT molecular complexity index is 892. The van der Waals surface area contributed by atoms with Crippen LogP contribution in [-0.4, -0.2) is 32.2 Å². The Kier molecular flexibility index (Phi) is 5.97. The first-order valence-corrected chi connectivity index (χ1v) is 10.7. The molecule has 2 aromatic carbocycles. The molecule has 0 spiro atoms. The van der Waals surface area contributed by atoms with Crippen LogP contribution in [0.3, 0.4) is 0 Å². The number of likely N-dealkylation sites (tertiary alicyclic amines) is 1. The van der Waals surface area contributed by atoms with Gasteiger partial charge in [-0.25, -0.2) is 0 Å². The summed E-state index contributed by atoms with van der Waals surface area (Å²) in [6.07, 6.45) is 3.06. The van der Waals surface area contributed by atoms with Gasteiger partial charge in [0, 0.05) is 24.8 Å². The van der Waals surface area contributed by atoms with Crippen molar-refractivity contribution in [1.29, 1.82) is 0 Å². The Hall–Kier alpha value is -2.24. The highest BCUT2D eigenvalue weighted by molar-refractivity contribution is 6.34. The molecule has 1 fully saturated rings. The van der Waals surface area contributed by atoms with Gasteiger partial charge in [0.2, 0.25) is 0 Å². The van der Waals surface area contributed by atoms with Crippen LogP contribution < -0.4 is 19.7 Å². The van der Waals surface area contributed by atoms with E-state index in [4.69, 9.17) is 21.1 Å². The average molecular weight is 416 g/mol. The molecule has 6 heteroatoms.